The highest BCUT2D eigenvalue weighted by Crippen LogP contribution is 2.62. The number of hydrogen-bond donors (Lipinski definition) is 0. The van der Waals surface area contributed by atoms with Crippen LogP contribution >= 0.6 is 0 Å². The van der Waals surface area contributed by atoms with E-state index < -0.39 is 0 Å². The molecule has 0 N–H and O–H groups in total. The largest absolute Gasteiger partial charge is 0.461 e. The van der Waals surface area contributed by atoms with Gasteiger partial charge in [0.25, 0.3) is 0 Å². The molecule has 0 heterocycles. The summed E-state index contributed by atoms with van der Waals surface area (Å²) in [5.41, 5.74) is 0. The maximum absolute atomic E-state index is 13.7. The van der Waals surface area contributed by atoms with Gasteiger partial charge in [-0.2, -0.15) is 0 Å². The van der Waals surface area contributed by atoms with E-state index in [4.69, 9.17) is 9.47 Å². The van der Waals surface area contributed by atoms with Crippen molar-refractivity contribution in [3.63, 3.8) is 0 Å². The molecule has 8 rings (SSSR count). The zero-order valence-electron chi connectivity index (χ0n) is 26.2. The van der Waals surface area contributed by atoms with Crippen LogP contribution in [0, 0.1) is 94.7 Å². The van der Waals surface area contributed by atoms with Gasteiger partial charge in [0.1, 0.15) is 18.6 Å². The zero-order valence-corrected chi connectivity index (χ0v) is 26.2. The van der Waals surface area contributed by atoms with Crippen LogP contribution in [-0.4, -0.2) is 24.1 Å². The van der Waals surface area contributed by atoms with Crippen LogP contribution in [0.1, 0.15) is 111 Å². The Balaban J connectivity index is 0.990. The number of hydrogen-bond acceptors (Lipinski definition) is 4. The van der Waals surface area contributed by atoms with E-state index in [1.54, 1.807) is 0 Å². The Kier molecular flexibility index (Phi) is 6.87. The van der Waals surface area contributed by atoms with Crippen molar-refractivity contribution in [2.45, 2.75) is 123 Å². The van der Waals surface area contributed by atoms with Gasteiger partial charge in [-0.25, -0.2) is 0 Å². The van der Waals surface area contributed by atoms with Crippen molar-refractivity contribution >= 4 is 11.9 Å². The summed E-state index contributed by atoms with van der Waals surface area (Å²) in [6.07, 6.45) is 15.7. The SMILES string of the molecule is CC1C2CCC(C2)C1C(OC(=O)CC(=O)OC(C1C2CCC(C2)C1C)C1C2CCC(C2)C1C)C1C2CCC(C2)C1C. The molecule has 8 aliphatic rings. The van der Waals surface area contributed by atoms with E-state index >= 15 is 0 Å². The second kappa shape index (κ2) is 10.3. The Morgan fingerprint density at radius 2 is 0.707 bits per heavy atom. The van der Waals surface area contributed by atoms with Crippen molar-refractivity contribution in [3.05, 3.63) is 0 Å². The molecule has 8 saturated carbocycles. The highest BCUT2D eigenvalue weighted by atomic mass is 16.6. The van der Waals surface area contributed by atoms with Gasteiger partial charge in [-0.1, -0.05) is 27.7 Å². The topological polar surface area (TPSA) is 52.6 Å². The van der Waals surface area contributed by atoms with Gasteiger partial charge in [-0.05, 0) is 148 Å². The van der Waals surface area contributed by atoms with E-state index in [1.807, 2.05) is 0 Å². The highest BCUT2D eigenvalue weighted by molar-refractivity contribution is 5.91. The number of carbonyl (C=O) groups excluding carboxylic acids is 2. The molecule has 16 unspecified atom stereocenters. The molecule has 8 fully saturated rings. The second-order valence-electron chi connectivity index (χ2n) is 17.2. The molecule has 0 aromatic carbocycles. The molecule has 0 spiro atoms. The normalized spacial score (nSPS) is 53.8. The Bertz CT molecular complexity index is 886. The third-order valence-corrected chi connectivity index (χ3v) is 16.0. The van der Waals surface area contributed by atoms with Crippen molar-refractivity contribution in [2.24, 2.45) is 94.7 Å². The van der Waals surface area contributed by atoms with Crippen LogP contribution in [0.2, 0.25) is 0 Å². The fraction of sp³-hybridized carbons (Fsp3) is 0.946. The molecule has 0 aromatic heterocycles. The van der Waals surface area contributed by atoms with Crippen molar-refractivity contribution < 1.29 is 19.1 Å². The smallest absolute Gasteiger partial charge is 0.317 e. The van der Waals surface area contributed by atoms with Crippen LogP contribution < -0.4 is 0 Å². The van der Waals surface area contributed by atoms with E-state index in [9.17, 15) is 9.59 Å². The lowest BCUT2D eigenvalue weighted by Gasteiger charge is -2.43. The third-order valence-electron chi connectivity index (χ3n) is 16.0. The lowest BCUT2D eigenvalue weighted by molar-refractivity contribution is -0.173. The molecule has 4 nitrogen and oxygen atoms in total. The zero-order chi connectivity index (χ0) is 28.2. The first-order valence-corrected chi connectivity index (χ1v) is 18.2. The minimum Gasteiger partial charge on any atom is -0.461 e. The van der Waals surface area contributed by atoms with Gasteiger partial charge in [0.2, 0.25) is 0 Å². The Morgan fingerprint density at radius 3 is 0.927 bits per heavy atom. The van der Waals surface area contributed by atoms with Crippen LogP contribution in [0.4, 0.5) is 0 Å². The predicted molar refractivity (Wildman–Crippen MR) is 158 cm³/mol. The molecule has 0 aliphatic heterocycles. The van der Waals surface area contributed by atoms with Gasteiger partial charge < -0.3 is 9.47 Å². The molecule has 41 heavy (non-hydrogen) atoms. The number of fused-ring (bicyclic) bond motifs is 8. The predicted octanol–water partition coefficient (Wildman–Crippen LogP) is 7.93. The van der Waals surface area contributed by atoms with Crippen LogP contribution in [0.15, 0.2) is 0 Å². The van der Waals surface area contributed by atoms with E-state index in [2.05, 4.69) is 27.7 Å². The van der Waals surface area contributed by atoms with Gasteiger partial charge in [-0.15, -0.1) is 0 Å². The number of rotatable bonds is 8. The van der Waals surface area contributed by atoms with Crippen LogP contribution in [0.25, 0.3) is 0 Å². The molecule has 16 atom stereocenters. The summed E-state index contributed by atoms with van der Waals surface area (Å²) in [5.74, 6) is 9.89. The maximum Gasteiger partial charge on any atom is 0.317 e. The van der Waals surface area contributed by atoms with Gasteiger partial charge in [0.05, 0.1) is 0 Å². The lowest BCUT2D eigenvalue weighted by atomic mass is 9.67. The Hall–Kier alpha value is -1.06. The quantitative estimate of drug-likeness (QED) is 0.222. The minimum atomic E-state index is -0.300. The fourth-order valence-corrected chi connectivity index (χ4v) is 14.1. The molecule has 0 radical (unpaired) electrons. The molecular formula is C37H56O4. The van der Waals surface area contributed by atoms with E-state index in [1.165, 1.54) is 77.0 Å². The summed E-state index contributed by atoms with van der Waals surface area (Å²) >= 11 is 0. The molecular weight excluding hydrogens is 508 g/mol. The number of carbonyl (C=O) groups is 2. The van der Waals surface area contributed by atoms with Gasteiger partial charge in [0, 0.05) is 23.7 Å². The summed E-state index contributed by atoms with van der Waals surface area (Å²) in [7, 11) is 0. The van der Waals surface area contributed by atoms with Crippen LogP contribution in [-0.2, 0) is 19.1 Å². The summed E-state index contributed by atoms with van der Waals surface area (Å²) in [4.78, 5) is 27.4. The summed E-state index contributed by atoms with van der Waals surface area (Å²) in [5, 5.41) is 0. The van der Waals surface area contributed by atoms with Gasteiger partial charge in [0.15, 0.2) is 0 Å². The lowest BCUT2D eigenvalue weighted by Crippen LogP contribution is -2.46. The molecule has 228 valence electrons. The highest BCUT2D eigenvalue weighted by Gasteiger charge is 2.59. The second-order valence-corrected chi connectivity index (χ2v) is 17.2. The average Bonchev–Trinajstić information content (AvgIpc) is 3.79. The molecule has 8 bridgehead atoms. The first kappa shape index (κ1) is 27.5. The molecule has 0 saturated heterocycles. The summed E-state index contributed by atoms with van der Waals surface area (Å²) in [6, 6.07) is 0. The van der Waals surface area contributed by atoms with Crippen molar-refractivity contribution in [2.75, 3.05) is 0 Å². The third kappa shape index (κ3) is 4.32. The minimum absolute atomic E-state index is 0.00197. The summed E-state index contributed by atoms with van der Waals surface area (Å²) < 4.78 is 13.1. The fourth-order valence-electron chi connectivity index (χ4n) is 14.1. The first-order chi connectivity index (χ1) is 19.8. The first-order valence-electron chi connectivity index (χ1n) is 18.2. The summed E-state index contributed by atoms with van der Waals surface area (Å²) in [6.45, 7) is 9.72. The molecule has 8 aliphatic carbocycles. The van der Waals surface area contributed by atoms with Crippen molar-refractivity contribution in [3.8, 4) is 0 Å². The van der Waals surface area contributed by atoms with E-state index in [-0.39, 0.29) is 30.6 Å². The molecule has 4 heteroatoms. The average molecular weight is 565 g/mol. The molecule has 0 amide bonds. The number of ether oxygens (including phenoxy) is 2. The van der Waals surface area contributed by atoms with E-state index in [0.29, 0.717) is 71.0 Å². The Labute approximate surface area is 248 Å². The van der Waals surface area contributed by atoms with Gasteiger partial charge >= 0.3 is 11.9 Å². The molecule has 0 aromatic rings. The standard InChI is InChI=1S/C37H56O4/c1-18-22-5-9-26(13-22)32(18)36(33-19(2)23-6-10-27(33)14-23)40-30(38)17-31(39)41-37(34-20(3)24-7-11-28(34)15-24)35-21(4)25-8-12-29(35)16-25/h18-29,32-37H,5-17H2,1-4H3. The van der Waals surface area contributed by atoms with Crippen molar-refractivity contribution in [1.82, 2.24) is 0 Å². The van der Waals surface area contributed by atoms with Gasteiger partial charge in [-0.3, -0.25) is 9.59 Å². The monoisotopic (exact) mass is 564 g/mol. The van der Waals surface area contributed by atoms with E-state index in [0.717, 1.165) is 23.7 Å². The Morgan fingerprint density at radius 1 is 0.463 bits per heavy atom. The maximum atomic E-state index is 13.7. The van der Waals surface area contributed by atoms with Crippen LogP contribution in [0.5, 0.6) is 0 Å². The van der Waals surface area contributed by atoms with Crippen molar-refractivity contribution in [1.29, 1.82) is 0 Å². The number of esters is 2. The van der Waals surface area contributed by atoms with Crippen LogP contribution in [0.3, 0.4) is 0 Å².